The van der Waals surface area contributed by atoms with E-state index in [-0.39, 0.29) is 17.4 Å². The number of hydrogen-bond donors (Lipinski definition) is 1. The lowest BCUT2D eigenvalue weighted by atomic mass is 9.78. The Bertz CT molecular complexity index is 412. The van der Waals surface area contributed by atoms with Gasteiger partial charge in [-0.05, 0) is 33.0 Å². The Morgan fingerprint density at radius 3 is 2.42 bits per heavy atom. The van der Waals surface area contributed by atoms with Crippen molar-refractivity contribution in [2.75, 3.05) is 14.1 Å². The number of aromatic nitrogens is 1. The van der Waals surface area contributed by atoms with Gasteiger partial charge in [0.05, 0.1) is 12.2 Å². The standard InChI is InChI=1S/C15H24FN3/c1-19(2)15(8-5-3-4-6-9-15)14(17)12-7-10-18-11-13(12)16/h7,10-11,14H,3-6,8-9,17H2,1-2H3. The lowest BCUT2D eigenvalue weighted by Gasteiger charge is -2.44. The van der Waals surface area contributed by atoms with Crippen LogP contribution in [-0.2, 0) is 0 Å². The van der Waals surface area contributed by atoms with Crippen molar-refractivity contribution in [3.63, 3.8) is 0 Å². The van der Waals surface area contributed by atoms with Gasteiger partial charge < -0.3 is 10.6 Å². The van der Waals surface area contributed by atoms with E-state index in [1.54, 1.807) is 12.3 Å². The van der Waals surface area contributed by atoms with E-state index in [1.807, 2.05) is 0 Å². The highest BCUT2D eigenvalue weighted by atomic mass is 19.1. The summed E-state index contributed by atoms with van der Waals surface area (Å²) in [5.41, 5.74) is 6.91. The molecule has 3 nitrogen and oxygen atoms in total. The summed E-state index contributed by atoms with van der Waals surface area (Å²) in [6, 6.07) is 1.42. The van der Waals surface area contributed by atoms with Crippen molar-refractivity contribution < 1.29 is 4.39 Å². The average Bonchev–Trinajstić information content (AvgIpc) is 2.65. The van der Waals surface area contributed by atoms with Crippen LogP contribution in [0.1, 0.15) is 50.1 Å². The minimum Gasteiger partial charge on any atom is -0.322 e. The van der Waals surface area contributed by atoms with Crippen molar-refractivity contribution >= 4 is 0 Å². The van der Waals surface area contributed by atoms with Crippen LogP contribution in [0.3, 0.4) is 0 Å². The fourth-order valence-electron chi connectivity index (χ4n) is 3.30. The van der Waals surface area contributed by atoms with Crippen LogP contribution in [0.5, 0.6) is 0 Å². The predicted molar refractivity (Wildman–Crippen MR) is 75.2 cm³/mol. The van der Waals surface area contributed by atoms with E-state index in [4.69, 9.17) is 5.73 Å². The molecule has 2 N–H and O–H groups in total. The Hall–Kier alpha value is -1.00. The maximum atomic E-state index is 14.0. The first-order chi connectivity index (χ1) is 9.08. The SMILES string of the molecule is CN(C)C1(C(N)c2ccncc2F)CCCCCC1. The molecule has 4 heteroatoms. The summed E-state index contributed by atoms with van der Waals surface area (Å²) in [4.78, 5) is 6.01. The van der Waals surface area contributed by atoms with Crippen LogP contribution in [0.15, 0.2) is 18.5 Å². The van der Waals surface area contributed by atoms with Crippen LogP contribution < -0.4 is 5.73 Å². The molecule has 0 radical (unpaired) electrons. The first-order valence-electron chi connectivity index (χ1n) is 7.10. The molecule has 1 fully saturated rings. The van der Waals surface area contributed by atoms with Gasteiger partial charge in [0.2, 0.25) is 0 Å². The van der Waals surface area contributed by atoms with Crippen molar-refractivity contribution in [2.45, 2.75) is 50.1 Å². The molecule has 106 valence electrons. The second-order valence-electron chi connectivity index (χ2n) is 5.79. The minimum absolute atomic E-state index is 0.140. The average molecular weight is 265 g/mol. The number of nitrogens with two attached hydrogens (primary N) is 1. The summed E-state index contributed by atoms with van der Waals surface area (Å²) in [7, 11) is 4.12. The quantitative estimate of drug-likeness (QED) is 0.854. The third-order valence-corrected chi connectivity index (χ3v) is 4.58. The Labute approximate surface area is 115 Å². The van der Waals surface area contributed by atoms with Gasteiger partial charge in [-0.15, -0.1) is 0 Å². The van der Waals surface area contributed by atoms with E-state index in [0.717, 1.165) is 12.8 Å². The van der Waals surface area contributed by atoms with Gasteiger partial charge in [-0.3, -0.25) is 4.98 Å². The molecule has 0 saturated heterocycles. The van der Waals surface area contributed by atoms with Crippen molar-refractivity contribution in [3.8, 4) is 0 Å². The molecule has 1 unspecified atom stereocenters. The monoisotopic (exact) mass is 265 g/mol. The second-order valence-corrected chi connectivity index (χ2v) is 5.79. The topological polar surface area (TPSA) is 42.1 Å². The maximum absolute atomic E-state index is 14.0. The van der Waals surface area contributed by atoms with Gasteiger partial charge in [-0.2, -0.15) is 0 Å². The largest absolute Gasteiger partial charge is 0.322 e. The molecule has 0 spiro atoms. The predicted octanol–water partition coefficient (Wildman–Crippen LogP) is 2.88. The summed E-state index contributed by atoms with van der Waals surface area (Å²) in [6.07, 6.45) is 9.78. The van der Waals surface area contributed by atoms with Gasteiger partial charge in [0.25, 0.3) is 0 Å². The molecule has 0 aliphatic heterocycles. The van der Waals surface area contributed by atoms with Gasteiger partial charge in [0.15, 0.2) is 0 Å². The first kappa shape index (κ1) is 14.4. The van der Waals surface area contributed by atoms with Gasteiger partial charge in [0, 0.05) is 17.3 Å². The minimum atomic E-state index is -0.302. The molecule has 1 heterocycles. The highest BCUT2D eigenvalue weighted by molar-refractivity contribution is 5.22. The number of nitrogens with zero attached hydrogens (tertiary/aromatic N) is 2. The van der Waals surface area contributed by atoms with Crippen LogP contribution in [0.2, 0.25) is 0 Å². The lowest BCUT2D eigenvalue weighted by Crippen LogP contribution is -2.52. The number of hydrogen-bond acceptors (Lipinski definition) is 3. The van der Waals surface area contributed by atoms with Crippen molar-refractivity contribution in [1.29, 1.82) is 0 Å². The van der Waals surface area contributed by atoms with E-state index >= 15 is 0 Å². The fourth-order valence-corrected chi connectivity index (χ4v) is 3.30. The molecule has 1 aromatic heterocycles. The zero-order valence-electron chi connectivity index (χ0n) is 11.9. The third kappa shape index (κ3) is 2.79. The smallest absolute Gasteiger partial charge is 0.146 e. The van der Waals surface area contributed by atoms with Crippen LogP contribution >= 0.6 is 0 Å². The van der Waals surface area contributed by atoms with Gasteiger partial charge in [-0.25, -0.2) is 4.39 Å². The summed E-state index contributed by atoms with van der Waals surface area (Å²) >= 11 is 0. The fraction of sp³-hybridized carbons (Fsp3) is 0.667. The van der Waals surface area contributed by atoms with Crippen molar-refractivity contribution in [1.82, 2.24) is 9.88 Å². The van der Waals surface area contributed by atoms with Gasteiger partial charge >= 0.3 is 0 Å². The summed E-state index contributed by atoms with van der Waals surface area (Å²) in [6.45, 7) is 0. The second kappa shape index (κ2) is 5.97. The number of halogens is 1. The number of likely N-dealkylation sites (N-methyl/N-ethyl adjacent to an activating group) is 1. The molecule has 1 aliphatic rings. The maximum Gasteiger partial charge on any atom is 0.146 e. The third-order valence-electron chi connectivity index (χ3n) is 4.58. The Morgan fingerprint density at radius 2 is 1.89 bits per heavy atom. The zero-order chi connectivity index (χ0) is 13.9. The van der Waals surface area contributed by atoms with E-state index in [1.165, 1.54) is 31.9 Å². The summed E-state index contributed by atoms with van der Waals surface area (Å²) < 4.78 is 14.0. The molecular formula is C15H24FN3. The van der Waals surface area contributed by atoms with Crippen LogP contribution in [0.25, 0.3) is 0 Å². The highest BCUT2D eigenvalue weighted by Gasteiger charge is 2.40. The molecule has 2 rings (SSSR count). The lowest BCUT2D eigenvalue weighted by molar-refractivity contribution is 0.0953. The molecule has 0 amide bonds. The molecule has 1 saturated carbocycles. The molecule has 0 aromatic carbocycles. The van der Waals surface area contributed by atoms with Gasteiger partial charge in [-0.1, -0.05) is 25.7 Å². The summed E-state index contributed by atoms with van der Waals surface area (Å²) in [5.74, 6) is -0.291. The zero-order valence-corrected chi connectivity index (χ0v) is 11.9. The summed E-state index contributed by atoms with van der Waals surface area (Å²) in [5, 5.41) is 0. The Kier molecular flexibility index (Phi) is 4.53. The van der Waals surface area contributed by atoms with Crippen LogP contribution in [-0.4, -0.2) is 29.5 Å². The molecule has 19 heavy (non-hydrogen) atoms. The molecule has 1 atom stereocenters. The number of pyridine rings is 1. The van der Waals surface area contributed by atoms with Crippen molar-refractivity contribution in [3.05, 3.63) is 29.8 Å². The molecule has 1 aromatic rings. The van der Waals surface area contributed by atoms with Crippen molar-refractivity contribution in [2.24, 2.45) is 5.73 Å². The first-order valence-corrected chi connectivity index (χ1v) is 7.10. The van der Waals surface area contributed by atoms with E-state index < -0.39 is 0 Å². The van der Waals surface area contributed by atoms with Crippen LogP contribution in [0, 0.1) is 5.82 Å². The van der Waals surface area contributed by atoms with E-state index in [0.29, 0.717) is 5.56 Å². The van der Waals surface area contributed by atoms with E-state index in [9.17, 15) is 4.39 Å². The molecule has 1 aliphatic carbocycles. The highest BCUT2D eigenvalue weighted by Crippen LogP contribution is 2.40. The Balaban J connectivity index is 2.35. The van der Waals surface area contributed by atoms with E-state index in [2.05, 4.69) is 24.0 Å². The number of rotatable bonds is 3. The Morgan fingerprint density at radius 1 is 1.26 bits per heavy atom. The molecule has 0 bridgehead atoms. The van der Waals surface area contributed by atoms with Crippen LogP contribution in [0.4, 0.5) is 4.39 Å². The molecular weight excluding hydrogens is 241 g/mol. The normalized spacial score (nSPS) is 21.1. The van der Waals surface area contributed by atoms with Gasteiger partial charge in [0.1, 0.15) is 5.82 Å².